The number of sulfonamides is 1. The van der Waals surface area contributed by atoms with Crippen LogP contribution in [0.1, 0.15) is 129 Å². The number of hydrogen-bond donors (Lipinski definition) is 0. The first-order chi connectivity index (χ1) is 16.6. The first kappa shape index (κ1) is 35.2. The van der Waals surface area contributed by atoms with Crippen molar-refractivity contribution in [1.82, 2.24) is 4.47 Å². The standard InChI is InChI=1S/C27H53N2O3S2.HI/c1-3-5-6-7-8-9-10-11-12-13-14-15-16-17-18-19-24-32-29(21-4-2)34(30,31)26-20-22-28-23-25-33-27-28;/h23,25,27H,3-22,24,26H2,1-2H3;1H/q+1;/p-1. The van der Waals surface area contributed by atoms with Gasteiger partial charge in [-0.05, 0) is 12.8 Å². The highest BCUT2D eigenvalue weighted by molar-refractivity contribution is 7.88. The summed E-state index contributed by atoms with van der Waals surface area (Å²) in [6.07, 6.45) is 24.7. The highest BCUT2D eigenvalue weighted by atomic mass is 127. The van der Waals surface area contributed by atoms with E-state index >= 15 is 0 Å². The molecule has 1 heterocycles. The van der Waals surface area contributed by atoms with Gasteiger partial charge in [0, 0.05) is 13.0 Å². The Kier molecular flexibility index (Phi) is 24.7. The first-order valence-electron chi connectivity index (χ1n) is 14.1. The Morgan fingerprint density at radius 1 is 0.743 bits per heavy atom. The third-order valence-corrected chi connectivity index (χ3v) is 8.68. The number of hydrogen-bond acceptors (Lipinski definition) is 4. The molecule has 1 rings (SSSR count). The minimum Gasteiger partial charge on any atom is -1.00 e. The van der Waals surface area contributed by atoms with Gasteiger partial charge >= 0.3 is 0 Å². The van der Waals surface area contributed by atoms with E-state index in [0.717, 1.165) is 25.8 Å². The molecule has 0 aliphatic carbocycles. The number of halogens is 1. The molecule has 208 valence electrons. The Hall–Kier alpha value is 0.230. The highest BCUT2D eigenvalue weighted by Crippen LogP contribution is 2.14. The second-order valence-corrected chi connectivity index (χ2v) is 12.3. The maximum atomic E-state index is 12.6. The quantitative estimate of drug-likeness (QED) is 0.0674. The van der Waals surface area contributed by atoms with E-state index in [2.05, 4.69) is 6.92 Å². The van der Waals surface area contributed by atoms with Gasteiger partial charge in [-0.15, -0.1) is 0 Å². The van der Waals surface area contributed by atoms with Crippen molar-refractivity contribution < 1.29 is 41.8 Å². The molecule has 0 aromatic carbocycles. The summed E-state index contributed by atoms with van der Waals surface area (Å²) in [5.41, 5.74) is 2.00. The van der Waals surface area contributed by atoms with Crippen LogP contribution in [-0.4, -0.2) is 31.8 Å². The van der Waals surface area contributed by atoms with E-state index in [-0.39, 0.29) is 29.7 Å². The van der Waals surface area contributed by atoms with E-state index < -0.39 is 10.0 Å². The first-order valence-corrected chi connectivity index (χ1v) is 16.7. The number of rotatable bonds is 25. The average molecular weight is 645 g/mol. The molecular weight excluding hydrogens is 591 g/mol. The third-order valence-electron chi connectivity index (χ3n) is 6.30. The zero-order valence-corrected chi connectivity index (χ0v) is 26.4. The molecule has 8 heteroatoms. The lowest BCUT2D eigenvalue weighted by Gasteiger charge is -2.20. The normalized spacial score (nSPS) is 11.7. The monoisotopic (exact) mass is 644 g/mol. The van der Waals surface area contributed by atoms with Crippen LogP contribution in [0.2, 0.25) is 0 Å². The summed E-state index contributed by atoms with van der Waals surface area (Å²) in [5, 5.41) is 2.00. The van der Waals surface area contributed by atoms with E-state index in [1.165, 1.54) is 94.4 Å². The van der Waals surface area contributed by atoms with E-state index in [1.54, 1.807) is 11.3 Å². The van der Waals surface area contributed by atoms with Crippen LogP contribution < -0.4 is 28.5 Å². The summed E-state index contributed by atoms with van der Waals surface area (Å²) >= 11 is 1.62. The zero-order chi connectivity index (χ0) is 24.7. The molecule has 0 bridgehead atoms. The number of unbranched alkanes of at least 4 members (excludes halogenated alkanes) is 15. The van der Waals surface area contributed by atoms with Crippen LogP contribution in [0.5, 0.6) is 0 Å². The Labute approximate surface area is 238 Å². The summed E-state index contributed by atoms with van der Waals surface area (Å²) in [6.45, 7) is 5.92. The lowest BCUT2D eigenvalue weighted by atomic mass is 10.0. The largest absolute Gasteiger partial charge is 1.00 e. The molecule has 0 saturated carbocycles. The van der Waals surface area contributed by atoms with Crippen LogP contribution in [0.25, 0.3) is 0 Å². The van der Waals surface area contributed by atoms with Crippen LogP contribution in [0, 0.1) is 0 Å². The molecule has 0 radical (unpaired) electrons. The minimum atomic E-state index is -3.36. The fourth-order valence-electron chi connectivity index (χ4n) is 4.20. The van der Waals surface area contributed by atoms with Crippen molar-refractivity contribution in [2.24, 2.45) is 0 Å². The predicted molar refractivity (Wildman–Crippen MR) is 145 cm³/mol. The summed E-state index contributed by atoms with van der Waals surface area (Å²) in [5.74, 6) is 0.134. The molecule has 0 saturated heterocycles. The molecule has 1 aromatic rings. The van der Waals surface area contributed by atoms with E-state index in [9.17, 15) is 8.42 Å². The summed E-state index contributed by atoms with van der Waals surface area (Å²) in [7, 11) is -3.36. The van der Waals surface area contributed by atoms with Crippen LogP contribution in [0.15, 0.2) is 17.1 Å². The van der Waals surface area contributed by atoms with Gasteiger partial charge in [-0.2, -0.15) is 4.57 Å². The average Bonchev–Trinajstić information content (AvgIpc) is 3.33. The summed E-state index contributed by atoms with van der Waals surface area (Å²) < 4.78 is 28.6. The number of hydroxylamine groups is 1. The molecule has 0 aliphatic rings. The minimum absolute atomic E-state index is 0. The van der Waals surface area contributed by atoms with Gasteiger partial charge in [0.25, 0.3) is 0 Å². The smallest absolute Gasteiger partial charge is 0.236 e. The zero-order valence-electron chi connectivity index (χ0n) is 22.6. The molecule has 0 spiro atoms. The Balaban J connectivity index is 0.0000116. The lowest BCUT2D eigenvalue weighted by Crippen LogP contribution is -3.00. The number of nitrogens with zero attached hydrogens (tertiary/aromatic N) is 2. The molecule has 0 atom stereocenters. The number of aryl methyl sites for hydroxylation is 1. The number of aromatic nitrogens is 1. The molecule has 1 aromatic heterocycles. The van der Waals surface area contributed by atoms with Crippen molar-refractivity contribution in [3.05, 3.63) is 17.1 Å². The predicted octanol–water partition coefficient (Wildman–Crippen LogP) is 4.66. The van der Waals surface area contributed by atoms with Crippen LogP contribution >= 0.6 is 11.3 Å². The molecule has 5 nitrogen and oxygen atoms in total. The Bertz CT molecular complexity index is 657. The lowest BCUT2D eigenvalue weighted by molar-refractivity contribution is -0.692. The van der Waals surface area contributed by atoms with E-state index in [0.29, 0.717) is 19.6 Å². The molecule has 35 heavy (non-hydrogen) atoms. The van der Waals surface area contributed by atoms with Crippen LogP contribution in [0.4, 0.5) is 0 Å². The van der Waals surface area contributed by atoms with Crippen molar-refractivity contribution in [1.29, 1.82) is 0 Å². The van der Waals surface area contributed by atoms with Gasteiger partial charge in [0.1, 0.15) is 6.54 Å². The molecule has 0 N–H and O–H groups in total. The highest BCUT2D eigenvalue weighted by Gasteiger charge is 2.22. The van der Waals surface area contributed by atoms with Gasteiger partial charge in [-0.25, -0.2) is 8.42 Å². The van der Waals surface area contributed by atoms with Crippen LogP contribution in [0.3, 0.4) is 0 Å². The molecule has 0 unspecified atom stereocenters. The van der Waals surface area contributed by atoms with Gasteiger partial charge in [-0.3, -0.25) is 4.84 Å². The van der Waals surface area contributed by atoms with E-state index in [1.807, 2.05) is 28.6 Å². The third kappa shape index (κ3) is 19.9. The van der Waals surface area contributed by atoms with Gasteiger partial charge in [-0.1, -0.05) is 126 Å². The van der Waals surface area contributed by atoms with Crippen molar-refractivity contribution >= 4 is 21.4 Å². The SMILES string of the molecule is CCCCCCCCCCCCCCCCCCON(CCC)S(=O)(=O)CCC[n+]1ccsc1.[I-]. The second-order valence-electron chi connectivity index (χ2n) is 9.60. The topological polar surface area (TPSA) is 50.5 Å². The summed E-state index contributed by atoms with van der Waals surface area (Å²) in [4.78, 5) is 5.69. The maximum absolute atomic E-state index is 12.6. The molecular formula is C27H53IN2O3S2. The van der Waals surface area contributed by atoms with Gasteiger partial charge < -0.3 is 24.0 Å². The van der Waals surface area contributed by atoms with Crippen molar-refractivity contribution in [2.45, 2.75) is 136 Å². The van der Waals surface area contributed by atoms with Crippen molar-refractivity contribution in [2.75, 3.05) is 18.9 Å². The maximum Gasteiger partial charge on any atom is 0.236 e. The van der Waals surface area contributed by atoms with E-state index in [4.69, 9.17) is 4.84 Å². The number of thiazole rings is 1. The summed E-state index contributed by atoms with van der Waals surface area (Å²) in [6, 6.07) is 0. The fraction of sp³-hybridized carbons (Fsp3) is 0.889. The molecule has 0 amide bonds. The Morgan fingerprint density at radius 3 is 1.71 bits per heavy atom. The second kappa shape index (κ2) is 24.6. The van der Waals surface area contributed by atoms with Crippen molar-refractivity contribution in [3.63, 3.8) is 0 Å². The van der Waals surface area contributed by atoms with Gasteiger partial charge in [0.15, 0.2) is 6.20 Å². The van der Waals surface area contributed by atoms with Crippen LogP contribution in [-0.2, 0) is 21.4 Å². The Morgan fingerprint density at radius 2 is 1.26 bits per heavy atom. The fourth-order valence-corrected chi connectivity index (χ4v) is 6.23. The van der Waals surface area contributed by atoms with Crippen molar-refractivity contribution in [3.8, 4) is 0 Å². The van der Waals surface area contributed by atoms with Gasteiger partial charge in [0.05, 0.1) is 17.7 Å². The molecule has 0 aliphatic heterocycles. The molecule has 0 fully saturated rings. The van der Waals surface area contributed by atoms with Gasteiger partial charge in [0.2, 0.25) is 15.5 Å².